The molecule has 8 heteroatoms. The summed E-state index contributed by atoms with van der Waals surface area (Å²) < 4.78 is 17.7. The number of rotatable bonds is 3. The van der Waals surface area contributed by atoms with Gasteiger partial charge in [-0.05, 0) is 40.2 Å². The molecule has 1 aliphatic rings. The molecule has 23 heavy (non-hydrogen) atoms. The van der Waals surface area contributed by atoms with E-state index in [2.05, 4.69) is 10.3 Å². The first-order chi connectivity index (χ1) is 10.5. The summed E-state index contributed by atoms with van der Waals surface area (Å²) in [5.41, 5.74) is 0.0864. The van der Waals surface area contributed by atoms with E-state index >= 15 is 0 Å². The van der Waals surface area contributed by atoms with Crippen molar-refractivity contribution in [1.82, 2.24) is 9.88 Å². The van der Waals surface area contributed by atoms with Crippen LogP contribution in [0.2, 0.25) is 5.15 Å². The molecule has 0 unspecified atom stereocenters. The molecule has 1 saturated heterocycles. The zero-order valence-corrected chi connectivity index (χ0v) is 15.7. The fourth-order valence-corrected chi connectivity index (χ4v) is 3.67. The Morgan fingerprint density at radius 2 is 2.04 bits per heavy atom. The number of carbonyl (C=O) groups is 1. The Bertz CT molecular complexity index is 648. The Labute approximate surface area is 141 Å². The minimum absolute atomic E-state index is 0.0366. The van der Waals surface area contributed by atoms with E-state index in [1.54, 1.807) is 30.5 Å². The lowest BCUT2D eigenvalue weighted by molar-refractivity contribution is 0.0105. The van der Waals surface area contributed by atoms with Crippen LogP contribution in [0.5, 0.6) is 0 Å². The SMILES string of the molecule is CC(C)(C)OC(=O)N1CC(Nc2c(P(C)(C)=O)ccnc2Cl)C1. The highest BCUT2D eigenvalue weighted by Crippen LogP contribution is 2.39. The second-order valence-corrected chi connectivity index (χ2v) is 10.6. The van der Waals surface area contributed by atoms with E-state index in [0.29, 0.717) is 29.2 Å². The highest BCUT2D eigenvalue weighted by Gasteiger charge is 2.34. The molecule has 1 aromatic rings. The van der Waals surface area contributed by atoms with Gasteiger partial charge < -0.3 is 19.5 Å². The van der Waals surface area contributed by atoms with E-state index in [1.807, 2.05) is 20.8 Å². The van der Waals surface area contributed by atoms with E-state index in [0.717, 1.165) is 0 Å². The van der Waals surface area contributed by atoms with Crippen LogP contribution < -0.4 is 10.6 Å². The predicted octanol–water partition coefficient (Wildman–Crippen LogP) is 3.01. The number of hydrogen-bond donors (Lipinski definition) is 1. The van der Waals surface area contributed by atoms with E-state index in [1.165, 1.54) is 0 Å². The molecule has 0 saturated carbocycles. The summed E-state index contributed by atoms with van der Waals surface area (Å²) in [5.74, 6) is 0. The van der Waals surface area contributed by atoms with Crippen molar-refractivity contribution < 1.29 is 14.1 Å². The Hall–Kier alpha value is -1.26. The topological polar surface area (TPSA) is 71.5 Å². The molecule has 6 nitrogen and oxygen atoms in total. The molecule has 2 heterocycles. The number of nitrogens with one attached hydrogen (secondary N) is 1. The summed E-state index contributed by atoms with van der Waals surface area (Å²) in [6, 6.07) is 1.76. The molecular formula is C15H23ClN3O3P. The normalized spacial score (nSPS) is 16.0. The molecule has 0 radical (unpaired) electrons. The number of nitrogens with zero attached hydrogens (tertiary/aromatic N) is 2. The van der Waals surface area contributed by atoms with Gasteiger partial charge in [0.1, 0.15) is 12.7 Å². The summed E-state index contributed by atoms with van der Waals surface area (Å²) in [6.07, 6.45) is 1.22. The molecule has 1 aromatic heterocycles. The number of carbonyl (C=O) groups excluding carboxylic acids is 1. The average Bonchev–Trinajstić information content (AvgIpc) is 2.30. The maximum absolute atomic E-state index is 12.4. The van der Waals surface area contributed by atoms with Gasteiger partial charge in [-0.25, -0.2) is 9.78 Å². The van der Waals surface area contributed by atoms with Gasteiger partial charge in [-0.3, -0.25) is 0 Å². The summed E-state index contributed by atoms with van der Waals surface area (Å²) in [5, 5.41) is 4.22. The van der Waals surface area contributed by atoms with Crippen molar-refractivity contribution in [3.63, 3.8) is 0 Å². The quantitative estimate of drug-likeness (QED) is 0.663. The minimum Gasteiger partial charge on any atom is -0.444 e. The van der Waals surface area contributed by atoms with Crippen LogP contribution >= 0.6 is 18.7 Å². The van der Waals surface area contributed by atoms with E-state index < -0.39 is 12.7 Å². The molecule has 0 spiro atoms. The van der Waals surface area contributed by atoms with Crippen LogP contribution in [0.25, 0.3) is 0 Å². The number of amides is 1. The Balaban J connectivity index is 2.02. The number of ether oxygens (including phenoxy) is 1. The van der Waals surface area contributed by atoms with Crippen molar-refractivity contribution in [2.24, 2.45) is 0 Å². The molecule has 128 valence electrons. The van der Waals surface area contributed by atoms with Crippen molar-refractivity contribution in [2.75, 3.05) is 31.7 Å². The van der Waals surface area contributed by atoms with Gasteiger partial charge in [0.25, 0.3) is 0 Å². The third-order valence-corrected chi connectivity index (χ3v) is 5.16. The molecule has 0 bridgehead atoms. The number of halogens is 1. The molecule has 2 rings (SSSR count). The van der Waals surface area contributed by atoms with E-state index in [4.69, 9.17) is 16.3 Å². The molecule has 0 aliphatic carbocycles. The van der Waals surface area contributed by atoms with Crippen molar-refractivity contribution >= 4 is 35.8 Å². The predicted molar refractivity (Wildman–Crippen MR) is 93.6 cm³/mol. The third-order valence-electron chi connectivity index (χ3n) is 3.34. The van der Waals surface area contributed by atoms with Crippen LogP contribution in [0.3, 0.4) is 0 Å². The number of aromatic nitrogens is 1. The van der Waals surface area contributed by atoms with E-state index in [-0.39, 0.29) is 12.1 Å². The highest BCUT2D eigenvalue weighted by molar-refractivity contribution is 7.70. The van der Waals surface area contributed by atoms with Crippen LogP contribution in [0.15, 0.2) is 12.3 Å². The first kappa shape index (κ1) is 18.1. The summed E-state index contributed by atoms with van der Waals surface area (Å²) in [7, 11) is -2.48. The zero-order valence-electron chi connectivity index (χ0n) is 14.1. The highest BCUT2D eigenvalue weighted by atomic mass is 35.5. The standard InChI is InChI=1S/C15H23ClN3O3P/c1-15(2,3)22-14(20)19-8-10(9-19)18-12-11(23(4,5)21)6-7-17-13(12)16/h6-7,10,18H,8-9H2,1-5H3. The second kappa shape index (κ2) is 6.33. The Morgan fingerprint density at radius 3 is 2.57 bits per heavy atom. The van der Waals surface area contributed by atoms with Gasteiger partial charge in [-0.2, -0.15) is 0 Å². The minimum atomic E-state index is -2.48. The van der Waals surface area contributed by atoms with Crippen LogP contribution in [-0.2, 0) is 9.30 Å². The zero-order chi connectivity index (χ0) is 17.4. The summed E-state index contributed by atoms with van der Waals surface area (Å²) >= 11 is 6.15. The first-order valence-electron chi connectivity index (χ1n) is 7.42. The van der Waals surface area contributed by atoms with Crippen molar-refractivity contribution in [2.45, 2.75) is 32.4 Å². The lowest BCUT2D eigenvalue weighted by atomic mass is 10.1. The van der Waals surface area contributed by atoms with Gasteiger partial charge >= 0.3 is 6.09 Å². The van der Waals surface area contributed by atoms with Crippen LogP contribution in [0, 0.1) is 0 Å². The maximum atomic E-state index is 12.4. The monoisotopic (exact) mass is 359 g/mol. The van der Waals surface area contributed by atoms with Gasteiger partial charge in [-0.1, -0.05) is 11.6 Å². The number of anilines is 1. The van der Waals surface area contributed by atoms with Crippen molar-refractivity contribution in [1.29, 1.82) is 0 Å². The number of hydrogen-bond acceptors (Lipinski definition) is 5. The fraction of sp³-hybridized carbons (Fsp3) is 0.600. The molecular weight excluding hydrogens is 337 g/mol. The molecule has 1 N–H and O–H groups in total. The third kappa shape index (κ3) is 4.61. The van der Waals surface area contributed by atoms with E-state index in [9.17, 15) is 9.36 Å². The molecule has 1 fully saturated rings. The smallest absolute Gasteiger partial charge is 0.410 e. The largest absolute Gasteiger partial charge is 0.444 e. The van der Waals surface area contributed by atoms with Gasteiger partial charge in [0, 0.05) is 24.6 Å². The molecule has 1 amide bonds. The first-order valence-corrected chi connectivity index (χ1v) is 10.4. The van der Waals surface area contributed by atoms with Crippen LogP contribution in [-0.4, -0.2) is 54.0 Å². The molecule has 0 atom stereocenters. The molecule has 1 aliphatic heterocycles. The van der Waals surface area contributed by atoms with Crippen LogP contribution in [0.4, 0.5) is 10.5 Å². The number of pyridine rings is 1. The second-order valence-electron chi connectivity index (χ2n) is 7.07. The maximum Gasteiger partial charge on any atom is 0.410 e. The number of likely N-dealkylation sites (tertiary alicyclic amines) is 1. The fourth-order valence-electron chi connectivity index (χ4n) is 2.26. The lowest BCUT2D eigenvalue weighted by Crippen LogP contribution is -2.58. The summed E-state index contributed by atoms with van der Waals surface area (Å²) in [4.78, 5) is 17.6. The van der Waals surface area contributed by atoms with Gasteiger partial charge in [0.2, 0.25) is 0 Å². The van der Waals surface area contributed by atoms with Crippen LogP contribution in [0.1, 0.15) is 20.8 Å². The van der Waals surface area contributed by atoms with Gasteiger partial charge in [0.05, 0.1) is 11.7 Å². The molecule has 0 aromatic carbocycles. The summed E-state index contributed by atoms with van der Waals surface area (Å²) in [6.45, 7) is 9.91. The Morgan fingerprint density at radius 1 is 1.43 bits per heavy atom. The lowest BCUT2D eigenvalue weighted by Gasteiger charge is -2.40. The van der Waals surface area contributed by atoms with Gasteiger partial charge in [-0.15, -0.1) is 0 Å². The van der Waals surface area contributed by atoms with Gasteiger partial charge in [0.15, 0.2) is 5.15 Å². The van der Waals surface area contributed by atoms with Crippen molar-refractivity contribution in [3.8, 4) is 0 Å². The van der Waals surface area contributed by atoms with Crippen molar-refractivity contribution in [3.05, 3.63) is 17.4 Å². The Kier molecular flexibility index (Phi) is 4.97. The average molecular weight is 360 g/mol.